The van der Waals surface area contributed by atoms with Crippen molar-refractivity contribution in [3.63, 3.8) is 0 Å². The van der Waals surface area contributed by atoms with Crippen LogP contribution in [-0.2, 0) is 4.79 Å². The fourth-order valence-corrected chi connectivity index (χ4v) is 3.24. The zero-order valence-corrected chi connectivity index (χ0v) is 14.9. The van der Waals surface area contributed by atoms with Gasteiger partial charge in [-0.05, 0) is 49.2 Å². The lowest BCUT2D eigenvalue weighted by atomic mass is 10.0. The Morgan fingerprint density at radius 3 is 2.54 bits per heavy atom. The molecule has 6 heteroatoms. The number of halogens is 1. The van der Waals surface area contributed by atoms with Gasteiger partial charge in [-0.25, -0.2) is 4.39 Å². The highest BCUT2D eigenvalue weighted by atomic mass is 19.1. The number of nitrogens with zero attached hydrogens (tertiary/aromatic N) is 1. The zero-order valence-electron chi connectivity index (χ0n) is 14.9. The monoisotopic (exact) mass is 359 g/mol. The first-order valence-corrected chi connectivity index (χ1v) is 8.52. The van der Waals surface area contributed by atoms with Gasteiger partial charge >= 0.3 is 0 Å². The van der Waals surface area contributed by atoms with Gasteiger partial charge < -0.3 is 19.1 Å². The normalized spacial score (nSPS) is 16.4. The summed E-state index contributed by atoms with van der Waals surface area (Å²) in [6.07, 6.45) is 1.78. The second kappa shape index (κ2) is 8.08. The minimum Gasteiger partial charge on any atom is -0.497 e. The van der Waals surface area contributed by atoms with E-state index in [-0.39, 0.29) is 24.4 Å². The van der Waals surface area contributed by atoms with Crippen molar-refractivity contribution in [2.45, 2.75) is 18.9 Å². The van der Waals surface area contributed by atoms with Crippen molar-refractivity contribution in [2.75, 3.05) is 27.4 Å². The van der Waals surface area contributed by atoms with E-state index < -0.39 is 0 Å². The Kier molecular flexibility index (Phi) is 5.61. The molecule has 2 aromatic rings. The molecule has 0 bridgehead atoms. The van der Waals surface area contributed by atoms with Gasteiger partial charge in [-0.3, -0.25) is 4.79 Å². The van der Waals surface area contributed by atoms with E-state index in [2.05, 4.69) is 0 Å². The van der Waals surface area contributed by atoms with Crippen molar-refractivity contribution in [1.29, 1.82) is 0 Å². The maximum absolute atomic E-state index is 12.9. The van der Waals surface area contributed by atoms with Crippen LogP contribution in [0.2, 0.25) is 0 Å². The second-order valence-corrected chi connectivity index (χ2v) is 6.10. The molecule has 1 fully saturated rings. The minimum absolute atomic E-state index is 0.0554. The molecular weight excluding hydrogens is 337 g/mol. The summed E-state index contributed by atoms with van der Waals surface area (Å²) in [5, 5.41) is 0. The van der Waals surface area contributed by atoms with Crippen LogP contribution >= 0.6 is 0 Å². The lowest BCUT2D eigenvalue weighted by Crippen LogP contribution is -2.34. The largest absolute Gasteiger partial charge is 0.497 e. The third kappa shape index (κ3) is 3.90. The molecule has 0 aromatic heterocycles. The summed E-state index contributed by atoms with van der Waals surface area (Å²) in [4.78, 5) is 14.5. The highest BCUT2D eigenvalue weighted by molar-refractivity contribution is 5.78. The third-order valence-electron chi connectivity index (χ3n) is 4.55. The average molecular weight is 359 g/mol. The Labute approximate surface area is 152 Å². The van der Waals surface area contributed by atoms with E-state index in [9.17, 15) is 9.18 Å². The number of likely N-dealkylation sites (tertiary alicyclic amines) is 1. The van der Waals surface area contributed by atoms with E-state index in [0.717, 1.165) is 18.4 Å². The number of benzene rings is 2. The molecule has 1 amide bonds. The molecule has 1 atom stereocenters. The number of amides is 1. The standard InChI is InChI=1S/C20H22FNO4/c1-24-16-9-10-17(19(12-16)25-2)18-4-3-11-22(18)20(23)13-26-15-7-5-14(21)6-8-15/h5-10,12,18H,3-4,11,13H2,1-2H3/t18-/m1/s1. The number of hydrogen-bond donors (Lipinski definition) is 0. The van der Waals surface area contributed by atoms with E-state index in [0.29, 0.717) is 23.8 Å². The van der Waals surface area contributed by atoms with Crippen molar-refractivity contribution in [1.82, 2.24) is 4.90 Å². The molecule has 1 aliphatic rings. The molecule has 0 aliphatic carbocycles. The molecule has 138 valence electrons. The average Bonchev–Trinajstić information content (AvgIpc) is 3.16. The Morgan fingerprint density at radius 1 is 1.12 bits per heavy atom. The number of methoxy groups -OCH3 is 2. The fraction of sp³-hybridized carbons (Fsp3) is 0.350. The summed E-state index contributed by atoms with van der Waals surface area (Å²) in [6.45, 7) is 0.589. The Morgan fingerprint density at radius 2 is 1.85 bits per heavy atom. The van der Waals surface area contributed by atoms with Crippen molar-refractivity contribution < 1.29 is 23.4 Å². The van der Waals surface area contributed by atoms with Crippen LogP contribution in [0.15, 0.2) is 42.5 Å². The number of carbonyl (C=O) groups excluding carboxylic acids is 1. The Bertz CT molecular complexity index is 763. The third-order valence-corrected chi connectivity index (χ3v) is 4.55. The van der Waals surface area contributed by atoms with Crippen LogP contribution in [0.3, 0.4) is 0 Å². The SMILES string of the molecule is COc1ccc([C@H]2CCCN2C(=O)COc2ccc(F)cc2)c(OC)c1. The quantitative estimate of drug-likeness (QED) is 0.791. The van der Waals surface area contributed by atoms with E-state index in [1.54, 1.807) is 14.2 Å². The van der Waals surface area contributed by atoms with Crippen LogP contribution in [0.4, 0.5) is 4.39 Å². The minimum atomic E-state index is -0.338. The van der Waals surface area contributed by atoms with E-state index in [4.69, 9.17) is 14.2 Å². The van der Waals surface area contributed by atoms with Crippen molar-refractivity contribution >= 4 is 5.91 Å². The molecule has 2 aromatic carbocycles. The number of ether oxygens (including phenoxy) is 3. The molecule has 3 rings (SSSR count). The van der Waals surface area contributed by atoms with Gasteiger partial charge in [-0.15, -0.1) is 0 Å². The maximum atomic E-state index is 12.9. The highest BCUT2D eigenvalue weighted by Gasteiger charge is 2.32. The van der Waals surface area contributed by atoms with Crippen LogP contribution < -0.4 is 14.2 Å². The molecule has 1 heterocycles. The predicted octanol–water partition coefficient (Wildman–Crippen LogP) is 3.59. The molecule has 26 heavy (non-hydrogen) atoms. The molecule has 0 spiro atoms. The molecule has 1 aliphatic heterocycles. The van der Waals surface area contributed by atoms with Gasteiger partial charge in [-0.1, -0.05) is 0 Å². The summed E-state index contributed by atoms with van der Waals surface area (Å²) in [6, 6.07) is 11.2. The molecule has 0 saturated carbocycles. The molecule has 0 N–H and O–H groups in total. The zero-order chi connectivity index (χ0) is 18.5. The van der Waals surface area contributed by atoms with Gasteiger partial charge in [0.05, 0.1) is 20.3 Å². The van der Waals surface area contributed by atoms with Gasteiger partial charge in [0.15, 0.2) is 6.61 Å². The Balaban J connectivity index is 1.71. The van der Waals surface area contributed by atoms with E-state index >= 15 is 0 Å². The van der Waals surface area contributed by atoms with Gasteiger partial charge in [0, 0.05) is 18.2 Å². The van der Waals surface area contributed by atoms with Crippen LogP contribution in [0.5, 0.6) is 17.2 Å². The molecule has 0 radical (unpaired) electrons. The number of hydrogen-bond acceptors (Lipinski definition) is 4. The summed E-state index contributed by atoms with van der Waals surface area (Å²) in [7, 11) is 3.21. The lowest BCUT2D eigenvalue weighted by molar-refractivity contribution is -0.134. The van der Waals surface area contributed by atoms with Crippen molar-refractivity contribution in [3.8, 4) is 17.2 Å². The fourth-order valence-electron chi connectivity index (χ4n) is 3.24. The summed E-state index contributed by atoms with van der Waals surface area (Å²) < 4.78 is 29.2. The van der Waals surface area contributed by atoms with Gasteiger partial charge in [0.1, 0.15) is 23.1 Å². The molecule has 0 unspecified atom stereocenters. The summed E-state index contributed by atoms with van der Waals surface area (Å²) >= 11 is 0. The van der Waals surface area contributed by atoms with Gasteiger partial charge in [0.25, 0.3) is 5.91 Å². The number of carbonyl (C=O) groups is 1. The lowest BCUT2D eigenvalue weighted by Gasteiger charge is -2.26. The Hall–Kier alpha value is -2.76. The van der Waals surface area contributed by atoms with Gasteiger partial charge in [0.2, 0.25) is 0 Å². The number of rotatable bonds is 6. The highest BCUT2D eigenvalue weighted by Crippen LogP contribution is 2.38. The first-order valence-electron chi connectivity index (χ1n) is 8.52. The topological polar surface area (TPSA) is 48.0 Å². The first kappa shape index (κ1) is 18.0. The van der Waals surface area contributed by atoms with Gasteiger partial charge in [-0.2, -0.15) is 0 Å². The summed E-state index contributed by atoms with van der Waals surface area (Å²) in [5.41, 5.74) is 0.959. The first-order chi connectivity index (χ1) is 12.6. The second-order valence-electron chi connectivity index (χ2n) is 6.10. The summed E-state index contributed by atoms with van der Waals surface area (Å²) in [5.74, 6) is 1.44. The van der Waals surface area contributed by atoms with Crippen LogP contribution in [0.25, 0.3) is 0 Å². The molecular formula is C20H22FNO4. The molecule has 1 saturated heterocycles. The van der Waals surface area contributed by atoms with Crippen LogP contribution in [0.1, 0.15) is 24.4 Å². The smallest absolute Gasteiger partial charge is 0.261 e. The van der Waals surface area contributed by atoms with Crippen LogP contribution in [-0.4, -0.2) is 38.2 Å². The van der Waals surface area contributed by atoms with Crippen LogP contribution in [0, 0.1) is 5.82 Å². The predicted molar refractivity (Wildman–Crippen MR) is 95.1 cm³/mol. The van der Waals surface area contributed by atoms with E-state index in [1.807, 2.05) is 23.1 Å². The van der Waals surface area contributed by atoms with Crippen molar-refractivity contribution in [3.05, 3.63) is 53.8 Å². The maximum Gasteiger partial charge on any atom is 0.261 e. The van der Waals surface area contributed by atoms with Crippen molar-refractivity contribution in [2.24, 2.45) is 0 Å². The van der Waals surface area contributed by atoms with E-state index in [1.165, 1.54) is 24.3 Å². The molecule has 5 nitrogen and oxygen atoms in total.